The number of anilines is 1. The highest BCUT2D eigenvalue weighted by Gasteiger charge is 2.14. The standard InChI is InChI=1S/C27H22N2O5/c1-32-27(31)23-9-5-6-10-24(23)29-26(30)20-11-16-25(28-17-20)34-22-14-12-21(13-15-22)33-18-19-7-3-2-4-8-19/h2-17H,18H2,1H3,(H,29,30). The van der Waals surface area contributed by atoms with Crippen LogP contribution in [0.2, 0.25) is 0 Å². The number of nitrogens with zero attached hydrogens (tertiary/aromatic N) is 1. The zero-order valence-corrected chi connectivity index (χ0v) is 18.4. The second-order valence-corrected chi connectivity index (χ2v) is 7.22. The first kappa shape index (κ1) is 22.5. The van der Waals surface area contributed by atoms with Crippen molar-refractivity contribution in [2.75, 3.05) is 12.4 Å². The number of hydrogen-bond donors (Lipinski definition) is 1. The van der Waals surface area contributed by atoms with E-state index < -0.39 is 11.9 Å². The zero-order chi connectivity index (χ0) is 23.8. The Labute approximate surface area is 196 Å². The van der Waals surface area contributed by atoms with Gasteiger partial charge < -0.3 is 19.5 Å². The van der Waals surface area contributed by atoms with Crippen molar-refractivity contribution in [3.05, 3.63) is 114 Å². The molecule has 0 aliphatic rings. The third-order valence-electron chi connectivity index (χ3n) is 4.87. The third-order valence-corrected chi connectivity index (χ3v) is 4.87. The van der Waals surface area contributed by atoms with E-state index in [4.69, 9.17) is 14.2 Å². The molecule has 170 valence electrons. The van der Waals surface area contributed by atoms with Crippen LogP contribution in [-0.2, 0) is 11.3 Å². The van der Waals surface area contributed by atoms with Crippen molar-refractivity contribution in [2.24, 2.45) is 0 Å². The molecule has 1 N–H and O–H groups in total. The molecule has 0 saturated carbocycles. The van der Waals surface area contributed by atoms with Crippen molar-refractivity contribution in [3.63, 3.8) is 0 Å². The van der Waals surface area contributed by atoms with Gasteiger partial charge in [-0.15, -0.1) is 0 Å². The highest BCUT2D eigenvalue weighted by atomic mass is 16.5. The Morgan fingerprint density at radius 3 is 2.24 bits per heavy atom. The topological polar surface area (TPSA) is 86.8 Å². The number of methoxy groups -OCH3 is 1. The molecule has 0 fully saturated rings. The number of esters is 1. The Bertz CT molecular complexity index is 1260. The van der Waals surface area contributed by atoms with E-state index in [1.165, 1.54) is 13.3 Å². The molecule has 1 amide bonds. The first-order valence-electron chi connectivity index (χ1n) is 10.5. The molecule has 4 aromatic rings. The second-order valence-electron chi connectivity index (χ2n) is 7.22. The summed E-state index contributed by atoms with van der Waals surface area (Å²) in [5.41, 5.74) is 2.03. The van der Waals surface area contributed by atoms with Crippen LogP contribution in [0.3, 0.4) is 0 Å². The molecule has 0 atom stereocenters. The first-order valence-corrected chi connectivity index (χ1v) is 10.5. The average Bonchev–Trinajstić information content (AvgIpc) is 2.89. The Morgan fingerprint density at radius 2 is 1.53 bits per heavy atom. The Balaban J connectivity index is 1.35. The van der Waals surface area contributed by atoms with Gasteiger partial charge >= 0.3 is 5.97 Å². The van der Waals surface area contributed by atoms with Crippen LogP contribution in [0, 0.1) is 0 Å². The van der Waals surface area contributed by atoms with Gasteiger partial charge in [-0.2, -0.15) is 0 Å². The fraction of sp³-hybridized carbons (Fsp3) is 0.0741. The minimum atomic E-state index is -0.533. The molecule has 34 heavy (non-hydrogen) atoms. The quantitative estimate of drug-likeness (QED) is 0.354. The molecule has 0 spiro atoms. The second kappa shape index (κ2) is 10.8. The lowest BCUT2D eigenvalue weighted by atomic mass is 10.1. The van der Waals surface area contributed by atoms with Crippen molar-refractivity contribution < 1.29 is 23.8 Å². The van der Waals surface area contributed by atoms with E-state index in [2.05, 4.69) is 10.3 Å². The van der Waals surface area contributed by atoms with Gasteiger partial charge in [0.05, 0.1) is 23.9 Å². The molecule has 0 radical (unpaired) electrons. The molecular weight excluding hydrogens is 432 g/mol. The van der Waals surface area contributed by atoms with Crippen molar-refractivity contribution in [1.82, 2.24) is 4.98 Å². The lowest BCUT2D eigenvalue weighted by Gasteiger charge is -2.10. The minimum absolute atomic E-state index is 0.266. The Morgan fingerprint density at radius 1 is 0.824 bits per heavy atom. The Hall–Kier alpha value is -4.65. The number of carbonyl (C=O) groups excluding carboxylic acids is 2. The predicted octanol–water partition coefficient (Wildman–Crippen LogP) is 5.49. The summed E-state index contributed by atoms with van der Waals surface area (Å²) in [6.07, 6.45) is 1.41. The molecule has 7 heteroatoms. The number of benzene rings is 3. The predicted molar refractivity (Wildman–Crippen MR) is 127 cm³/mol. The molecule has 4 rings (SSSR count). The smallest absolute Gasteiger partial charge is 0.339 e. The van der Waals surface area contributed by atoms with Gasteiger partial charge in [-0.1, -0.05) is 42.5 Å². The van der Waals surface area contributed by atoms with Crippen molar-refractivity contribution in [3.8, 4) is 17.4 Å². The molecular formula is C27H22N2O5. The number of aromatic nitrogens is 1. The molecule has 1 aromatic heterocycles. The number of para-hydroxylation sites is 1. The monoisotopic (exact) mass is 454 g/mol. The number of hydrogen-bond acceptors (Lipinski definition) is 6. The minimum Gasteiger partial charge on any atom is -0.489 e. The van der Waals surface area contributed by atoms with Crippen LogP contribution >= 0.6 is 0 Å². The summed E-state index contributed by atoms with van der Waals surface area (Å²) < 4.78 is 16.3. The van der Waals surface area contributed by atoms with Gasteiger partial charge in [0.15, 0.2) is 0 Å². The maximum Gasteiger partial charge on any atom is 0.339 e. The number of rotatable bonds is 8. The number of carbonyl (C=O) groups is 2. The molecule has 3 aromatic carbocycles. The van der Waals surface area contributed by atoms with E-state index in [0.717, 1.165) is 11.3 Å². The van der Waals surface area contributed by atoms with E-state index in [0.29, 0.717) is 29.5 Å². The zero-order valence-electron chi connectivity index (χ0n) is 18.4. The normalized spacial score (nSPS) is 10.3. The molecule has 0 saturated heterocycles. The van der Waals surface area contributed by atoms with E-state index in [1.807, 2.05) is 42.5 Å². The molecule has 0 aliphatic heterocycles. The van der Waals surface area contributed by atoms with Gasteiger partial charge in [-0.05, 0) is 48.0 Å². The van der Waals surface area contributed by atoms with Crippen LogP contribution < -0.4 is 14.8 Å². The van der Waals surface area contributed by atoms with E-state index in [9.17, 15) is 9.59 Å². The first-order chi connectivity index (χ1) is 16.6. The van der Waals surface area contributed by atoms with Crippen LogP contribution in [0.25, 0.3) is 0 Å². The average molecular weight is 454 g/mol. The highest BCUT2D eigenvalue weighted by molar-refractivity contribution is 6.07. The van der Waals surface area contributed by atoms with Crippen LogP contribution in [-0.4, -0.2) is 24.0 Å². The van der Waals surface area contributed by atoms with Crippen molar-refractivity contribution in [1.29, 1.82) is 0 Å². The molecule has 0 unspecified atom stereocenters. The largest absolute Gasteiger partial charge is 0.489 e. The molecule has 0 bridgehead atoms. The summed E-state index contributed by atoms with van der Waals surface area (Å²) in [7, 11) is 1.29. The van der Waals surface area contributed by atoms with Crippen LogP contribution in [0.4, 0.5) is 5.69 Å². The summed E-state index contributed by atoms with van der Waals surface area (Å²) in [5.74, 6) is 0.709. The van der Waals surface area contributed by atoms with Crippen molar-refractivity contribution >= 4 is 17.6 Å². The summed E-state index contributed by atoms with van der Waals surface area (Å²) >= 11 is 0. The van der Waals surface area contributed by atoms with E-state index in [-0.39, 0.29) is 5.56 Å². The van der Waals surface area contributed by atoms with E-state index >= 15 is 0 Å². The number of pyridine rings is 1. The number of amides is 1. The third kappa shape index (κ3) is 5.77. The van der Waals surface area contributed by atoms with E-state index in [1.54, 1.807) is 48.5 Å². The summed E-state index contributed by atoms with van der Waals surface area (Å²) in [4.78, 5) is 28.7. The fourth-order valence-corrected chi connectivity index (χ4v) is 3.12. The fourth-order valence-electron chi connectivity index (χ4n) is 3.12. The van der Waals surface area contributed by atoms with Crippen molar-refractivity contribution in [2.45, 2.75) is 6.61 Å². The summed E-state index contributed by atoms with van der Waals surface area (Å²) in [6.45, 7) is 0.482. The summed E-state index contributed by atoms with van der Waals surface area (Å²) in [5, 5.41) is 2.71. The Kier molecular flexibility index (Phi) is 7.15. The van der Waals surface area contributed by atoms with Gasteiger partial charge in [0.2, 0.25) is 5.88 Å². The van der Waals surface area contributed by atoms with Gasteiger partial charge in [0, 0.05) is 12.3 Å². The van der Waals surface area contributed by atoms with Crippen LogP contribution in [0.15, 0.2) is 97.2 Å². The SMILES string of the molecule is COC(=O)c1ccccc1NC(=O)c1ccc(Oc2ccc(OCc3ccccc3)cc2)nc1. The van der Waals surface area contributed by atoms with Crippen LogP contribution in [0.5, 0.6) is 17.4 Å². The maximum atomic E-state index is 12.6. The highest BCUT2D eigenvalue weighted by Crippen LogP contribution is 2.24. The molecule has 7 nitrogen and oxygen atoms in total. The van der Waals surface area contributed by atoms with Gasteiger partial charge in [0.25, 0.3) is 5.91 Å². The lowest BCUT2D eigenvalue weighted by Crippen LogP contribution is -2.15. The van der Waals surface area contributed by atoms with Gasteiger partial charge in [0.1, 0.15) is 18.1 Å². The maximum absolute atomic E-state index is 12.6. The van der Waals surface area contributed by atoms with Gasteiger partial charge in [-0.25, -0.2) is 9.78 Å². The van der Waals surface area contributed by atoms with Gasteiger partial charge in [-0.3, -0.25) is 4.79 Å². The number of ether oxygens (including phenoxy) is 3. The lowest BCUT2D eigenvalue weighted by molar-refractivity contribution is 0.0602. The number of nitrogens with one attached hydrogen (secondary N) is 1. The van der Waals surface area contributed by atoms with Crippen LogP contribution in [0.1, 0.15) is 26.3 Å². The molecule has 1 heterocycles. The molecule has 0 aliphatic carbocycles. The summed E-state index contributed by atoms with van der Waals surface area (Å²) in [6, 6.07) is 26.9.